The topological polar surface area (TPSA) is 105 Å². The first-order chi connectivity index (χ1) is 15.4. The molecule has 7 nitrogen and oxygen atoms in total. The molecule has 2 N–H and O–H groups in total. The number of pyridine rings is 1. The first-order valence-corrected chi connectivity index (χ1v) is 10.8. The van der Waals surface area contributed by atoms with Crippen LogP contribution in [0.3, 0.4) is 0 Å². The van der Waals surface area contributed by atoms with Crippen molar-refractivity contribution in [3.05, 3.63) is 88.2 Å². The van der Waals surface area contributed by atoms with Gasteiger partial charge in [-0.15, -0.1) is 0 Å². The fourth-order valence-electron chi connectivity index (χ4n) is 3.94. The van der Waals surface area contributed by atoms with Gasteiger partial charge in [-0.1, -0.05) is 48.6 Å². The number of benzene rings is 2. The van der Waals surface area contributed by atoms with Gasteiger partial charge in [0.05, 0.1) is 22.1 Å². The van der Waals surface area contributed by atoms with E-state index in [-0.39, 0.29) is 11.6 Å². The molecule has 0 spiro atoms. The smallest absolute Gasteiger partial charge is 0.354 e. The van der Waals surface area contributed by atoms with E-state index in [9.17, 15) is 14.7 Å². The molecule has 158 valence electrons. The predicted octanol–water partition coefficient (Wildman–Crippen LogP) is 3.01. The van der Waals surface area contributed by atoms with E-state index < -0.39 is 11.4 Å². The Morgan fingerprint density at radius 3 is 2.75 bits per heavy atom. The van der Waals surface area contributed by atoms with Crippen LogP contribution in [0.2, 0.25) is 0 Å². The molecule has 2 aromatic carbocycles. The number of rotatable bonds is 4. The van der Waals surface area contributed by atoms with Crippen molar-refractivity contribution in [2.45, 2.75) is 12.3 Å². The molecule has 4 aromatic rings. The van der Waals surface area contributed by atoms with Crippen molar-refractivity contribution in [3.8, 4) is 0 Å². The first kappa shape index (κ1) is 20.0. The number of amides is 1. The van der Waals surface area contributed by atoms with Gasteiger partial charge in [-0.25, -0.2) is 14.8 Å². The number of aromatic carboxylic acids is 1. The summed E-state index contributed by atoms with van der Waals surface area (Å²) < 4.78 is 0.991. The Balaban J connectivity index is 1.58. The number of nitrogens with one attached hydrogen (secondary N) is 1. The van der Waals surface area contributed by atoms with E-state index in [1.165, 1.54) is 17.5 Å². The van der Waals surface area contributed by atoms with E-state index in [0.717, 1.165) is 10.2 Å². The molecule has 0 saturated carbocycles. The molecular weight excluding hydrogens is 424 g/mol. The minimum atomic E-state index is -1.09. The number of fused-ring (bicyclic) bond motifs is 2. The minimum Gasteiger partial charge on any atom is -0.477 e. The van der Waals surface area contributed by atoms with Crippen LogP contribution in [0.25, 0.3) is 16.3 Å². The summed E-state index contributed by atoms with van der Waals surface area (Å²) in [7, 11) is 0. The van der Waals surface area contributed by atoms with Gasteiger partial charge in [-0.2, -0.15) is 0 Å². The van der Waals surface area contributed by atoms with Crippen LogP contribution in [-0.4, -0.2) is 33.5 Å². The molecule has 1 aliphatic heterocycles. The van der Waals surface area contributed by atoms with E-state index in [4.69, 9.17) is 0 Å². The quantitative estimate of drug-likeness (QED) is 0.506. The normalized spacial score (nSPS) is 17.2. The van der Waals surface area contributed by atoms with E-state index in [0.29, 0.717) is 33.4 Å². The Morgan fingerprint density at radius 1 is 1.09 bits per heavy atom. The molecule has 0 bridgehead atoms. The van der Waals surface area contributed by atoms with E-state index in [1.54, 1.807) is 24.3 Å². The summed E-state index contributed by atoms with van der Waals surface area (Å²) in [6.45, 7) is 2.26. The third-order valence-electron chi connectivity index (χ3n) is 5.51. The van der Waals surface area contributed by atoms with Gasteiger partial charge in [0.15, 0.2) is 10.8 Å². The molecular formula is C24H18N4O3S. The highest BCUT2D eigenvalue weighted by molar-refractivity contribution is 7.22. The highest BCUT2D eigenvalue weighted by Crippen LogP contribution is 2.29. The zero-order valence-electron chi connectivity index (χ0n) is 17.1. The molecule has 0 fully saturated rings. The first-order valence-electron chi connectivity index (χ1n) is 9.97. The third-order valence-corrected chi connectivity index (χ3v) is 6.46. The second kappa shape index (κ2) is 7.65. The van der Waals surface area contributed by atoms with Gasteiger partial charge < -0.3 is 5.11 Å². The van der Waals surface area contributed by atoms with Gasteiger partial charge in [0.25, 0.3) is 5.91 Å². The molecule has 1 unspecified atom stereocenters. The maximum Gasteiger partial charge on any atom is 0.354 e. The number of hydrogen-bond donors (Lipinski definition) is 2. The molecule has 0 saturated heterocycles. The summed E-state index contributed by atoms with van der Waals surface area (Å²) in [5, 5.41) is 14.4. The van der Waals surface area contributed by atoms with Gasteiger partial charge in [0.2, 0.25) is 0 Å². The van der Waals surface area contributed by atoms with Gasteiger partial charge in [-0.3, -0.25) is 15.1 Å². The highest BCUT2D eigenvalue weighted by atomic mass is 32.1. The van der Waals surface area contributed by atoms with E-state index in [1.807, 2.05) is 43.3 Å². The zero-order valence-corrected chi connectivity index (χ0v) is 17.9. The lowest BCUT2D eigenvalue weighted by molar-refractivity contribution is 0.0687. The van der Waals surface area contributed by atoms with Crippen LogP contribution >= 0.6 is 11.3 Å². The lowest BCUT2D eigenvalue weighted by Gasteiger charge is -2.28. The van der Waals surface area contributed by atoms with Crippen molar-refractivity contribution in [1.29, 1.82) is 0 Å². The van der Waals surface area contributed by atoms with Gasteiger partial charge in [0, 0.05) is 22.4 Å². The van der Waals surface area contributed by atoms with Crippen molar-refractivity contribution in [2.24, 2.45) is 4.99 Å². The molecule has 8 heteroatoms. The molecule has 0 radical (unpaired) electrons. The number of carbonyl (C=O) groups is 2. The molecule has 1 atom stereocenters. The van der Waals surface area contributed by atoms with Crippen LogP contribution in [0.5, 0.6) is 0 Å². The molecule has 2 aromatic heterocycles. The van der Waals surface area contributed by atoms with Crippen LogP contribution in [0.4, 0.5) is 5.13 Å². The SMILES string of the molecule is CC1(c2cccnc2C(=O)O)C=c2c(C(=O)Nc3nc4ccccc4s3)cccc2=NC1. The average Bonchev–Trinajstić information content (AvgIpc) is 3.21. The Hall–Kier alpha value is -3.91. The fourth-order valence-corrected chi connectivity index (χ4v) is 4.80. The summed E-state index contributed by atoms with van der Waals surface area (Å²) in [5.41, 5.74) is 1.11. The summed E-state index contributed by atoms with van der Waals surface area (Å²) in [6, 6.07) is 16.5. The Labute approximate surface area is 186 Å². The second-order valence-electron chi connectivity index (χ2n) is 7.76. The van der Waals surface area contributed by atoms with Gasteiger partial charge >= 0.3 is 5.97 Å². The van der Waals surface area contributed by atoms with E-state index in [2.05, 4.69) is 20.3 Å². The summed E-state index contributed by atoms with van der Waals surface area (Å²) >= 11 is 1.41. The maximum absolute atomic E-state index is 13.2. The highest BCUT2D eigenvalue weighted by Gasteiger charge is 2.31. The number of carboxylic acids is 1. The summed E-state index contributed by atoms with van der Waals surface area (Å²) in [4.78, 5) is 38.1. The minimum absolute atomic E-state index is 0.0127. The van der Waals surface area contributed by atoms with Gasteiger partial charge in [0.1, 0.15) is 0 Å². The standard InChI is InChI=1S/C24H18N4O3S/c1-24(16-7-5-11-25-20(16)22(30)31)12-15-14(6-4-9-17(15)26-13-24)21(29)28-23-27-18-8-2-3-10-19(18)32-23/h2-12H,13H2,1H3,(H,30,31)(H,27,28,29). The van der Waals surface area contributed by atoms with Crippen molar-refractivity contribution in [3.63, 3.8) is 0 Å². The van der Waals surface area contributed by atoms with Crippen molar-refractivity contribution < 1.29 is 14.7 Å². The molecule has 5 rings (SSSR count). The number of nitrogens with zero attached hydrogens (tertiary/aromatic N) is 3. The number of anilines is 1. The molecule has 3 heterocycles. The summed E-state index contributed by atoms with van der Waals surface area (Å²) in [5.74, 6) is -1.39. The third kappa shape index (κ3) is 3.44. The monoisotopic (exact) mass is 442 g/mol. The Bertz CT molecular complexity index is 1480. The lowest BCUT2D eigenvalue weighted by Crippen LogP contribution is -2.42. The van der Waals surface area contributed by atoms with Crippen molar-refractivity contribution in [1.82, 2.24) is 9.97 Å². The number of carboxylic acid groups (broad SMARTS) is 1. The number of thiazole rings is 1. The largest absolute Gasteiger partial charge is 0.477 e. The van der Waals surface area contributed by atoms with E-state index >= 15 is 0 Å². The maximum atomic E-state index is 13.2. The van der Waals surface area contributed by atoms with Crippen LogP contribution in [0.15, 0.2) is 65.8 Å². The Kier molecular flexibility index (Phi) is 4.79. The number of aromatic nitrogens is 2. The van der Waals surface area contributed by atoms with Crippen LogP contribution in [-0.2, 0) is 5.41 Å². The van der Waals surface area contributed by atoms with Crippen LogP contribution < -0.4 is 15.9 Å². The van der Waals surface area contributed by atoms with Crippen molar-refractivity contribution >= 4 is 44.6 Å². The van der Waals surface area contributed by atoms with Crippen LogP contribution in [0.1, 0.15) is 33.3 Å². The number of carbonyl (C=O) groups excluding carboxylic acids is 1. The van der Waals surface area contributed by atoms with Gasteiger partial charge in [-0.05, 0) is 35.9 Å². The molecule has 0 aliphatic carbocycles. The number of hydrogen-bond acceptors (Lipinski definition) is 6. The predicted molar refractivity (Wildman–Crippen MR) is 123 cm³/mol. The Morgan fingerprint density at radius 2 is 1.94 bits per heavy atom. The molecule has 1 amide bonds. The fraction of sp³-hybridized carbons (Fsp3) is 0.125. The molecule has 32 heavy (non-hydrogen) atoms. The average molecular weight is 443 g/mol. The van der Waals surface area contributed by atoms with Crippen LogP contribution in [0, 0.1) is 0 Å². The number of para-hydroxylation sites is 1. The van der Waals surface area contributed by atoms with Crippen molar-refractivity contribution in [2.75, 3.05) is 11.9 Å². The second-order valence-corrected chi connectivity index (χ2v) is 8.79. The summed E-state index contributed by atoms with van der Waals surface area (Å²) in [6.07, 6.45) is 3.38. The molecule has 1 aliphatic rings. The lowest BCUT2D eigenvalue weighted by atomic mass is 9.79. The zero-order chi connectivity index (χ0) is 22.3.